The predicted octanol–water partition coefficient (Wildman–Crippen LogP) is 3.59. The number of hydrogen-bond donors (Lipinski definition) is 1. The van der Waals surface area contributed by atoms with Crippen LogP contribution in [0.15, 0.2) is 53.4 Å². The Balaban J connectivity index is 1.54. The lowest BCUT2D eigenvalue weighted by Crippen LogP contribution is -2.35. The Morgan fingerprint density at radius 1 is 1.03 bits per heavy atom. The van der Waals surface area contributed by atoms with Crippen molar-refractivity contribution in [3.05, 3.63) is 59.1 Å². The summed E-state index contributed by atoms with van der Waals surface area (Å²) in [4.78, 5) is 14.5. The second kappa shape index (κ2) is 9.71. The van der Waals surface area contributed by atoms with E-state index in [2.05, 4.69) is 5.32 Å². The molecular formula is C21H26ClN3O3S. The van der Waals surface area contributed by atoms with Gasteiger partial charge in [-0.25, -0.2) is 8.42 Å². The van der Waals surface area contributed by atoms with Crippen molar-refractivity contribution in [3.8, 4) is 0 Å². The number of rotatable bonds is 7. The molecule has 1 fully saturated rings. The monoisotopic (exact) mass is 435 g/mol. The number of anilines is 1. The highest BCUT2D eigenvalue weighted by Gasteiger charge is 2.25. The molecule has 1 aliphatic heterocycles. The molecule has 0 unspecified atom stereocenters. The molecule has 0 saturated carbocycles. The quantitative estimate of drug-likeness (QED) is 0.721. The second-order valence-electron chi connectivity index (χ2n) is 7.34. The summed E-state index contributed by atoms with van der Waals surface area (Å²) in [6, 6.07) is 13.9. The summed E-state index contributed by atoms with van der Waals surface area (Å²) in [7, 11) is -1.60. The molecule has 1 saturated heterocycles. The van der Waals surface area contributed by atoms with E-state index in [9.17, 15) is 13.2 Å². The summed E-state index contributed by atoms with van der Waals surface area (Å²) < 4.78 is 26.9. The van der Waals surface area contributed by atoms with Gasteiger partial charge in [0.2, 0.25) is 15.9 Å². The lowest BCUT2D eigenvalue weighted by Gasteiger charge is -2.25. The number of carbonyl (C=O) groups is 1. The fraction of sp³-hybridized carbons (Fsp3) is 0.381. The Morgan fingerprint density at radius 2 is 1.66 bits per heavy atom. The molecule has 2 aromatic carbocycles. The van der Waals surface area contributed by atoms with Crippen molar-refractivity contribution in [2.24, 2.45) is 0 Å². The molecule has 1 heterocycles. The van der Waals surface area contributed by atoms with E-state index in [-0.39, 0.29) is 17.3 Å². The smallest absolute Gasteiger partial charge is 0.243 e. The number of likely N-dealkylation sites (N-methyl/N-ethyl adjacent to an activating group) is 1. The van der Waals surface area contributed by atoms with Crippen molar-refractivity contribution in [2.75, 3.05) is 32.0 Å². The molecule has 0 aromatic heterocycles. The van der Waals surface area contributed by atoms with E-state index in [4.69, 9.17) is 11.6 Å². The molecule has 6 nitrogen and oxygen atoms in total. The third-order valence-corrected chi connectivity index (χ3v) is 7.03. The number of benzene rings is 2. The Bertz CT molecular complexity index is 925. The van der Waals surface area contributed by atoms with Crippen LogP contribution in [0, 0.1) is 0 Å². The number of piperidine rings is 1. The number of amides is 1. The van der Waals surface area contributed by atoms with Gasteiger partial charge in [0.1, 0.15) is 0 Å². The minimum absolute atomic E-state index is 0.159. The van der Waals surface area contributed by atoms with Crippen LogP contribution in [-0.2, 0) is 21.4 Å². The van der Waals surface area contributed by atoms with Gasteiger partial charge in [-0.3, -0.25) is 9.69 Å². The molecule has 0 aliphatic carbocycles. The molecule has 3 rings (SSSR count). The first kappa shape index (κ1) is 21.8. The molecule has 29 heavy (non-hydrogen) atoms. The fourth-order valence-corrected chi connectivity index (χ4v) is 5.01. The molecule has 1 aliphatic rings. The number of nitrogens with one attached hydrogen (secondary N) is 1. The zero-order chi connectivity index (χ0) is 20.9. The molecule has 8 heteroatoms. The average Bonchev–Trinajstić information content (AvgIpc) is 2.70. The van der Waals surface area contributed by atoms with Gasteiger partial charge in [0.25, 0.3) is 0 Å². The van der Waals surface area contributed by atoms with Crippen LogP contribution in [0.2, 0.25) is 5.02 Å². The van der Waals surface area contributed by atoms with Crippen LogP contribution >= 0.6 is 11.6 Å². The summed E-state index contributed by atoms with van der Waals surface area (Å²) in [5.74, 6) is -0.159. The average molecular weight is 436 g/mol. The predicted molar refractivity (Wildman–Crippen MR) is 115 cm³/mol. The third kappa shape index (κ3) is 6.02. The van der Waals surface area contributed by atoms with Crippen LogP contribution in [0.4, 0.5) is 5.69 Å². The molecule has 2 aromatic rings. The van der Waals surface area contributed by atoms with Gasteiger partial charge >= 0.3 is 0 Å². The molecule has 0 atom stereocenters. The van der Waals surface area contributed by atoms with E-state index in [1.165, 1.54) is 4.31 Å². The maximum Gasteiger partial charge on any atom is 0.243 e. The minimum atomic E-state index is -3.46. The van der Waals surface area contributed by atoms with Crippen LogP contribution in [0.25, 0.3) is 0 Å². The maximum absolute atomic E-state index is 12.7. The first-order valence-electron chi connectivity index (χ1n) is 9.68. The Kier molecular flexibility index (Phi) is 7.29. The first-order chi connectivity index (χ1) is 13.8. The Labute approximate surface area is 177 Å². The minimum Gasteiger partial charge on any atom is -0.325 e. The molecule has 156 valence electrons. The van der Waals surface area contributed by atoms with E-state index < -0.39 is 10.0 Å². The largest absolute Gasteiger partial charge is 0.325 e. The highest BCUT2D eigenvalue weighted by Crippen LogP contribution is 2.22. The van der Waals surface area contributed by atoms with E-state index >= 15 is 0 Å². The van der Waals surface area contributed by atoms with Gasteiger partial charge in [-0.05, 0) is 61.9 Å². The van der Waals surface area contributed by atoms with Gasteiger partial charge in [-0.15, -0.1) is 0 Å². The first-order valence-corrected chi connectivity index (χ1v) is 11.5. The summed E-state index contributed by atoms with van der Waals surface area (Å²) in [5.41, 5.74) is 1.64. The summed E-state index contributed by atoms with van der Waals surface area (Å²) in [6.45, 7) is 1.98. The normalized spacial score (nSPS) is 15.4. The van der Waals surface area contributed by atoms with E-state index in [1.807, 2.05) is 36.2 Å². The van der Waals surface area contributed by atoms with Gasteiger partial charge in [-0.1, -0.05) is 30.2 Å². The molecule has 0 radical (unpaired) electrons. The van der Waals surface area contributed by atoms with Crippen LogP contribution in [0.1, 0.15) is 24.8 Å². The number of carbonyl (C=O) groups excluding carboxylic acids is 1. The molecular weight excluding hydrogens is 410 g/mol. The van der Waals surface area contributed by atoms with Crippen LogP contribution < -0.4 is 5.32 Å². The van der Waals surface area contributed by atoms with E-state index in [0.717, 1.165) is 24.8 Å². The lowest BCUT2D eigenvalue weighted by atomic mass is 10.2. The topological polar surface area (TPSA) is 69.7 Å². The van der Waals surface area contributed by atoms with Crippen molar-refractivity contribution >= 4 is 33.2 Å². The van der Waals surface area contributed by atoms with Gasteiger partial charge < -0.3 is 5.32 Å². The Hall–Kier alpha value is -1.93. The number of hydrogen-bond acceptors (Lipinski definition) is 4. The van der Waals surface area contributed by atoms with Crippen LogP contribution in [-0.4, -0.2) is 50.2 Å². The van der Waals surface area contributed by atoms with Crippen molar-refractivity contribution in [3.63, 3.8) is 0 Å². The number of nitrogens with zero attached hydrogens (tertiary/aromatic N) is 2. The Morgan fingerprint density at radius 3 is 2.28 bits per heavy atom. The molecule has 0 spiro atoms. The van der Waals surface area contributed by atoms with Gasteiger partial charge in [0.05, 0.1) is 11.4 Å². The summed E-state index contributed by atoms with van der Waals surface area (Å²) >= 11 is 5.89. The van der Waals surface area contributed by atoms with Gasteiger partial charge in [0, 0.05) is 30.3 Å². The van der Waals surface area contributed by atoms with Crippen molar-refractivity contribution < 1.29 is 13.2 Å². The SMILES string of the molecule is CN(CC(=O)Nc1ccc(S(=O)(=O)N2CCCCC2)cc1)Cc1ccc(Cl)cc1. The van der Waals surface area contributed by atoms with Crippen LogP contribution in [0.5, 0.6) is 0 Å². The maximum atomic E-state index is 12.7. The van der Waals surface area contributed by atoms with Gasteiger partial charge in [0.15, 0.2) is 0 Å². The standard InChI is InChI=1S/C21H26ClN3O3S/c1-24(15-17-5-7-18(22)8-6-17)16-21(26)23-19-9-11-20(12-10-19)29(27,28)25-13-3-2-4-14-25/h5-12H,2-4,13-16H2,1H3,(H,23,26). The number of sulfonamides is 1. The second-order valence-corrected chi connectivity index (χ2v) is 9.71. The van der Waals surface area contributed by atoms with Crippen molar-refractivity contribution in [1.82, 2.24) is 9.21 Å². The highest BCUT2D eigenvalue weighted by atomic mass is 35.5. The van der Waals surface area contributed by atoms with Crippen LogP contribution in [0.3, 0.4) is 0 Å². The van der Waals surface area contributed by atoms with E-state index in [0.29, 0.717) is 30.3 Å². The molecule has 1 N–H and O–H groups in total. The summed E-state index contributed by atoms with van der Waals surface area (Å²) in [6.07, 6.45) is 2.87. The lowest BCUT2D eigenvalue weighted by molar-refractivity contribution is -0.117. The zero-order valence-electron chi connectivity index (χ0n) is 16.5. The fourth-order valence-electron chi connectivity index (χ4n) is 3.37. The summed E-state index contributed by atoms with van der Waals surface area (Å²) in [5, 5.41) is 3.50. The molecule has 0 bridgehead atoms. The van der Waals surface area contributed by atoms with Gasteiger partial charge in [-0.2, -0.15) is 4.31 Å². The van der Waals surface area contributed by atoms with Crippen molar-refractivity contribution in [2.45, 2.75) is 30.7 Å². The number of halogens is 1. The van der Waals surface area contributed by atoms with Crippen molar-refractivity contribution in [1.29, 1.82) is 0 Å². The highest BCUT2D eigenvalue weighted by molar-refractivity contribution is 7.89. The zero-order valence-corrected chi connectivity index (χ0v) is 18.0. The van der Waals surface area contributed by atoms with E-state index in [1.54, 1.807) is 24.3 Å². The third-order valence-electron chi connectivity index (χ3n) is 4.87. The molecule has 1 amide bonds.